The van der Waals surface area contributed by atoms with Gasteiger partial charge in [0.15, 0.2) is 25.2 Å². The van der Waals surface area contributed by atoms with Gasteiger partial charge in [0, 0.05) is 20.8 Å². The second-order valence-electron chi connectivity index (χ2n) is 16.5. The van der Waals surface area contributed by atoms with E-state index in [0.717, 1.165) is 13.8 Å². The Morgan fingerprint density at radius 3 is 1.25 bits per heavy atom. The van der Waals surface area contributed by atoms with E-state index in [-0.39, 0.29) is 0 Å². The van der Waals surface area contributed by atoms with Gasteiger partial charge in [-0.05, 0) is 6.92 Å². The summed E-state index contributed by atoms with van der Waals surface area (Å²) in [5.41, 5.74) is 0. The molecule has 376 valence electrons. The molecule has 25 atom stereocenters. The molecule has 5 aliphatic heterocycles. The van der Waals surface area contributed by atoms with Crippen molar-refractivity contribution in [3.05, 3.63) is 0 Å². The molecule has 5 saturated heterocycles. The van der Waals surface area contributed by atoms with Crippen LogP contribution in [0.5, 0.6) is 0 Å². The molecule has 3 amide bonds. The molecule has 5 heterocycles. The highest BCUT2D eigenvalue weighted by atomic mass is 16.8. The minimum Gasteiger partial charge on any atom is -0.394 e. The zero-order chi connectivity index (χ0) is 48.2. The normalized spacial score (nSPS) is 47.1. The predicted octanol–water partition coefficient (Wildman–Crippen LogP) is -10.4. The van der Waals surface area contributed by atoms with Gasteiger partial charge in [0.2, 0.25) is 17.7 Å². The Labute approximate surface area is 370 Å². The fourth-order valence-electron chi connectivity index (χ4n) is 8.47. The molecule has 0 aromatic rings. The first-order chi connectivity index (χ1) is 30.7. The summed E-state index contributed by atoms with van der Waals surface area (Å²) < 4.78 is 52.4. The number of ether oxygens (including phenoxy) is 9. The molecular weight excluding hydrogens is 886 g/mol. The van der Waals surface area contributed by atoms with Crippen molar-refractivity contribution in [3.8, 4) is 0 Å². The Morgan fingerprint density at radius 1 is 0.385 bits per heavy atom. The molecule has 5 rings (SSSR count). The highest BCUT2D eigenvalue weighted by molar-refractivity contribution is 5.74. The monoisotopic (exact) mass is 949 g/mol. The van der Waals surface area contributed by atoms with Crippen LogP contribution >= 0.6 is 0 Å². The number of carbonyl (C=O) groups is 3. The second-order valence-corrected chi connectivity index (χ2v) is 16.5. The summed E-state index contributed by atoms with van der Waals surface area (Å²) in [7, 11) is 0. The van der Waals surface area contributed by atoms with Gasteiger partial charge in [-0.25, -0.2) is 0 Å². The summed E-state index contributed by atoms with van der Waals surface area (Å²) in [5, 5.41) is 147. The number of carbonyl (C=O) groups excluding carboxylic acids is 3. The van der Waals surface area contributed by atoms with Gasteiger partial charge in [-0.2, -0.15) is 0 Å². The lowest BCUT2D eigenvalue weighted by molar-refractivity contribution is -0.391. The van der Waals surface area contributed by atoms with Crippen molar-refractivity contribution in [2.45, 2.75) is 181 Å². The highest BCUT2D eigenvalue weighted by Crippen LogP contribution is 2.36. The van der Waals surface area contributed by atoms with Crippen LogP contribution in [0.2, 0.25) is 0 Å². The topological polar surface area (TPSA) is 433 Å². The minimum absolute atomic E-state index is 0.530. The van der Waals surface area contributed by atoms with Crippen molar-refractivity contribution in [3.63, 3.8) is 0 Å². The summed E-state index contributed by atoms with van der Waals surface area (Å²) in [6.07, 6.45) is -38.5. The fraction of sp³-hybridized carbons (Fsp3) is 0.919. The highest BCUT2D eigenvalue weighted by Gasteiger charge is 2.57. The third kappa shape index (κ3) is 11.9. The number of rotatable bonds is 16. The molecule has 10 unspecified atom stereocenters. The zero-order valence-electron chi connectivity index (χ0n) is 35.7. The molecule has 0 saturated carbocycles. The number of amides is 3. The lowest BCUT2D eigenvalue weighted by atomic mass is 9.92. The molecule has 0 aliphatic carbocycles. The number of hydrogen-bond donors (Lipinski definition) is 16. The van der Waals surface area contributed by atoms with Crippen LogP contribution < -0.4 is 16.0 Å². The zero-order valence-corrected chi connectivity index (χ0v) is 35.7. The van der Waals surface area contributed by atoms with Crippen molar-refractivity contribution < 1.29 is 123 Å². The number of aliphatic hydroxyl groups is 13. The Kier molecular flexibility index (Phi) is 19.1. The molecule has 28 nitrogen and oxygen atoms in total. The van der Waals surface area contributed by atoms with Crippen LogP contribution in [0.15, 0.2) is 0 Å². The van der Waals surface area contributed by atoms with Crippen LogP contribution in [-0.2, 0) is 57.0 Å². The molecule has 0 radical (unpaired) electrons. The standard InChI is InChI=1S/C37H63N3O25/c1-10-19(38-11(2)46)26(53)30(17(8-44)57-10)62-35-21(40-13(4)48)27(54)31(18(9-45)61-35)63-36-29(56)32(24(51)16(7-43)59-36)64-37-33(28(55)23(50)15(6-42)60-37)65-34-20(39-12(3)47)25(52)22(49)14(5-41)58-34/h10,14-37,41-45,49-56H,5-9H2,1-4H3,(H,38,46)(H,39,47)(H,40,48)/t10-,14?,15+,16?,17?,18?,19?,20?,21?,22-,23-,24-,25+,26+,27+,28?,29?,30-,31-,32-,33?,34-,35-,36-,37-/m0/s1. The SMILES string of the molecule is CC(=O)NC1[C@H](OC2C(O)[C@@H](O)[C@@H](CO)O[C@H]2O[C@@H]2C(O)[C@H](O[C@H]3C(CO)O[C@@H](O[C@H]4C(CO)O[C@@H](C)C(NC(C)=O)[C@H]4O)C(NC(C)=O)[C@H]3O)OC(CO)[C@@H]2O)OC(CO)[C@H](O)[C@@H]1O. The van der Waals surface area contributed by atoms with Crippen LogP contribution in [0.4, 0.5) is 0 Å². The van der Waals surface area contributed by atoms with E-state index < -0.39 is 204 Å². The first kappa shape index (κ1) is 53.5. The summed E-state index contributed by atoms with van der Waals surface area (Å²) in [5.74, 6) is -2.02. The van der Waals surface area contributed by atoms with Gasteiger partial charge in [0.05, 0.1) is 45.2 Å². The Morgan fingerprint density at radius 2 is 0.738 bits per heavy atom. The Hall–Kier alpha value is -2.47. The molecule has 5 aliphatic rings. The number of aliphatic hydroxyl groups excluding tert-OH is 13. The Bertz CT molecular complexity index is 1560. The van der Waals surface area contributed by atoms with E-state index in [1.54, 1.807) is 0 Å². The van der Waals surface area contributed by atoms with Crippen LogP contribution in [-0.4, -0.2) is 270 Å². The molecule has 0 aromatic heterocycles. The van der Waals surface area contributed by atoms with Gasteiger partial charge < -0.3 is 125 Å². The third-order valence-corrected chi connectivity index (χ3v) is 11.8. The molecule has 16 N–H and O–H groups in total. The molecule has 0 aromatic carbocycles. The average Bonchev–Trinajstić information content (AvgIpc) is 3.26. The lowest BCUT2D eigenvalue weighted by Crippen LogP contribution is -2.70. The van der Waals surface area contributed by atoms with E-state index in [4.69, 9.17) is 42.6 Å². The van der Waals surface area contributed by atoms with Gasteiger partial charge >= 0.3 is 0 Å². The van der Waals surface area contributed by atoms with Crippen molar-refractivity contribution in [1.82, 2.24) is 16.0 Å². The van der Waals surface area contributed by atoms with Crippen LogP contribution in [0.25, 0.3) is 0 Å². The van der Waals surface area contributed by atoms with E-state index in [2.05, 4.69) is 16.0 Å². The van der Waals surface area contributed by atoms with Crippen molar-refractivity contribution in [2.24, 2.45) is 0 Å². The number of nitrogens with one attached hydrogen (secondary N) is 3. The van der Waals surface area contributed by atoms with Crippen molar-refractivity contribution in [1.29, 1.82) is 0 Å². The summed E-state index contributed by atoms with van der Waals surface area (Å²) >= 11 is 0. The number of hydrogen-bond acceptors (Lipinski definition) is 25. The largest absolute Gasteiger partial charge is 0.394 e. The molecule has 0 bridgehead atoms. The van der Waals surface area contributed by atoms with Gasteiger partial charge in [0.1, 0.15) is 116 Å². The summed E-state index contributed by atoms with van der Waals surface area (Å²) in [4.78, 5) is 36.4. The molecule has 65 heavy (non-hydrogen) atoms. The van der Waals surface area contributed by atoms with Gasteiger partial charge in [-0.3, -0.25) is 14.4 Å². The smallest absolute Gasteiger partial charge is 0.217 e. The van der Waals surface area contributed by atoms with Crippen LogP contribution in [0.1, 0.15) is 27.7 Å². The summed E-state index contributed by atoms with van der Waals surface area (Å²) in [6, 6.07) is -4.25. The third-order valence-electron chi connectivity index (χ3n) is 11.8. The summed E-state index contributed by atoms with van der Waals surface area (Å²) in [6.45, 7) is 0.416. The van der Waals surface area contributed by atoms with Crippen LogP contribution in [0.3, 0.4) is 0 Å². The maximum Gasteiger partial charge on any atom is 0.217 e. The van der Waals surface area contributed by atoms with Crippen molar-refractivity contribution in [2.75, 3.05) is 33.0 Å². The van der Waals surface area contributed by atoms with Gasteiger partial charge in [0.25, 0.3) is 0 Å². The van der Waals surface area contributed by atoms with E-state index in [1.807, 2.05) is 0 Å². The molecular formula is C37H63N3O25. The molecule has 28 heteroatoms. The fourth-order valence-corrected chi connectivity index (χ4v) is 8.47. The first-order valence-corrected chi connectivity index (χ1v) is 20.9. The maximum atomic E-state index is 12.5. The Balaban J connectivity index is 1.40. The van der Waals surface area contributed by atoms with Gasteiger partial charge in [-0.1, -0.05) is 0 Å². The predicted molar refractivity (Wildman–Crippen MR) is 205 cm³/mol. The lowest BCUT2D eigenvalue weighted by Gasteiger charge is -2.50. The maximum absolute atomic E-state index is 12.5. The van der Waals surface area contributed by atoms with Crippen molar-refractivity contribution >= 4 is 17.7 Å². The van der Waals surface area contributed by atoms with E-state index in [0.29, 0.717) is 0 Å². The van der Waals surface area contributed by atoms with E-state index in [1.165, 1.54) is 13.8 Å². The van der Waals surface area contributed by atoms with E-state index >= 15 is 0 Å². The molecule has 5 fully saturated rings. The molecule has 0 spiro atoms. The van der Waals surface area contributed by atoms with E-state index in [9.17, 15) is 80.8 Å². The van der Waals surface area contributed by atoms with Crippen LogP contribution in [0, 0.1) is 0 Å². The second kappa shape index (κ2) is 23.2. The van der Waals surface area contributed by atoms with Gasteiger partial charge in [-0.15, -0.1) is 0 Å². The average molecular weight is 950 g/mol. The quantitative estimate of drug-likeness (QED) is 0.0683. The first-order valence-electron chi connectivity index (χ1n) is 20.9. The minimum atomic E-state index is -2.17.